The first kappa shape index (κ1) is 17.3. The molecule has 0 aliphatic carbocycles. The number of likely N-dealkylation sites (tertiary alicyclic amines) is 1. The SMILES string of the molecule is COC(=O)CS[C@@H]1CCN(C(=O)c2ccc(NC(C)=O)cc2)C1. The van der Waals surface area contributed by atoms with E-state index in [1.807, 2.05) is 0 Å². The largest absolute Gasteiger partial charge is 0.468 e. The lowest BCUT2D eigenvalue weighted by Gasteiger charge is -2.16. The Kier molecular flexibility index (Phi) is 6.04. The van der Waals surface area contributed by atoms with Crippen LogP contribution in [0.1, 0.15) is 23.7 Å². The number of hydrogen-bond donors (Lipinski definition) is 1. The monoisotopic (exact) mass is 336 g/mol. The fourth-order valence-electron chi connectivity index (χ4n) is 2.38. The number of nitrogens with zero attached hydrogens (tertiary/aromatic N) is 1. The van der Waals surface area contributed by atoms with E-state index in [0.29, 0.717) is 30.1 Å². The summed E-state index contributed by atoms with van der Waals surface area (Å²) in [6, 6.07) is 6.85. The Morgan fingerprint density at radius 1 is 1.30 bits per heavy atom. The van der Waals surface area contributed by atoms with Crippen molar-refractivity contribution in [2.75, 3.05) is 31.3 Å². The summed E-state index contributed by atoms with van der Waals surface area (Å²) in [4.78, 5) is 36.4. The molecule has 124 valence electrons. The molecule has 1 N–H and O–H groups in total. The van der Waals surface area contributed by atoms with E-state index in [9.17, 15) is 14.4 Å². The van der Waals surface area contributed by atoms with Crippen LogP contribution in [0.15, 0.2) is 24.3 Å². The first-order valence-electron chi connectivity index (χ1n) is 7.35. The first-order valence-corrected chi connectivity index (χ1v) is 8.40. The Hall–Kier alpha value is -2.02. The van der Waals surface area contributed by atoms with Crippen LogP contribution in [0.5, 0.6) is 0 Å². The Morgan fingerprint density at radius 3 is 2.61 bits per heavy atom. The number of nitrogens with one attached hydrogen (secondary N) is 1. The van der Waals surface area contributed by atoms with Crippen LogP contribution in [-0.4, -0.2) is 53.9 Å². The molecule has 23 heavy (non-hydrogen) atoms. The van der Waals surface area contributed by atoms with Crippen molar-refractivity contribution in [3.63, 3.8) is 0 Å². The molecular weight excluding hydrogens is 316 g/mol. The van der Waals surface area contributed by atoms with Gasteiger partial charge in [0.05, 0.1) is 12.9 Å². The highest BCUT2D eigenvalue weighted by molar-refractivity contribution is 8.00. The van der Waals surface area contributed by atoms with Gasteiger partial charge in [0.1, 0.15) is 0 Å². The number of hydrogen-bond acceptors (Lipinski definition) is 5. The van der Waals surface area contributed by atoms with Gasteiger partial charge in [0, 0.05) is 36.5 Å². The van der Waals surface area contributed by atoms with Crippen LogP contribution < -0.4 is 5.32 Å². The number of amides is 2. The second-order valence-electron chi connectivity index (χ2n) is 5.31. The predicted molar refractivity (Wildman–Crippen MR) is 89.5 cm³/mol. The first-order chi connectivity index (χ1) is 11.0. The Morgan fingerprint density at radius 2 is 2.00 bits per heavy atom. The lowest BCUT2D eigenvalue weighted by Crippen LogP contribution is -2.29. The number of rotatable bonds is 5. The van der Waals surface area contributed by atoms with Gasteiger partial charge in [0.2, 0.25) is 5.91 Å². The topological polar surface area (TPSA) is 75.7 Å². The minimum Gasteiger partial charge on any atom is -0.468 e. The Labute approximate surface area is 139 Å². The molecule has 2 rings (SSSR count). The van der Waals surface area contributed by atoms with Crippen molar-refractivity contribution in [2.45, 2.75) is 18.6 Å². The zero-order chi connectivity index (χ0) is 16.8. The van der Waals surface area contributed by atoms with E-state index in [2.05, 4.69) is 10.1 Å². The van der Waals surface area contributed by atoms with E-state index < -0.39 is 0 Å². The molecule has 0 saturated carbocycles. The van der Waals surface area contributed by atoms with Gasteiger partial charge in [-0.2, -0.15) is 0 Å². The number of esters is 1. The van der Waals surface area contributed by atoms with E-state index in [0.717, 1.165) is 6.42 Å². The molecule has 1 aromatic rings. The number of carbonyl (C=O) groups excluding carboxylic acids is 3. The summed E-state index contributed by atoms with van der Waals surface area (Å²) < 4.78 is 4.62. The highest BCUT2D eigenvalue weighted by Crippen LogP contribution is 2.24. The fraction of sp³-hybridized carbons (Fsp3) is 0.438. The van der Waals surface area contributed by atoms with Crippen molar-refractivity contribution < 1.29 is 19.1 Å². The second kappa shape index (κ2) is 8.01. The van der Waals surface area contributed by atoms with E-state index in [1.54, 1.807) is 29.2 Å². The highest BCUT2D eigenvalue weighted by atomic mass is 32.2. The maximum absolute atomic E-state index is 12.5. The van der Waals surface area contributed by atoms with Gasteiger partial charge in [-0.25, -0.2) is 0 Å². The van der Waals surface area contributed by atoms with Gasteiger partial charge in [0.15, 0.2) is 0 Å². The van der Waals surface area contributed by atoms with Crippen molar-refractivity contribution in [1.29, 1.82) is 0 Å². The summed E-state index contributed by atoms with van der Waals surface area (Å²) in [6.45, 7) is 2.76. The van der Waals surface area contributed by atoms with Gasteiger partial charge in [-0.05, 0) is 30.7 Å². The number of anilines is 1. The molecule has 0 aromatic heterocycles. The third-order valence-corrected chi connectivity index (χ3v) is 4.81. The number of benzene rings is 1. The quantitative estimate of drug-likeness (QED) is 0.829. The molecule has 0 unspecified atom stereocenters. The summed E-state index contributed by atoms with van der Waals surface area (Å²) in [6.07, 6.45) is 0.872. The molecule has 1 heterocycles. The van der Waals surface area contributed by atoms with Gasteiger partial charge in [-0.1, -0.05) is 0 Å². The van der Waals surface area contributed by atoms with Crippen LogP contribution >= 0.6 is 11.8 Å². The molecule has 0 bridgehead atoms. The Bertz CT molecular complexity index is 588. The van der Waals surface area contributed by atoms with Gasteiger partial charge in [-0.3, -0.25) is 14.4 Å². The van der Waals surface area contributed by atoms with Crippen LogP contribution in [0.25, 0.3) is 0 Å². The molecule has 1 fully saturated rings. The van der Waals surface area contributed by atoms with Gasteiger partial charge in [0.25, 0.3) is 5.91 Å². The van der Waals surface area contributed by atoms with E-state index in [-0.39, 0.29) is 23.0 Å². The molecule has 1 aromatic carbocycles. The molecule has 0 spiro atoms. The average Bonchev–Trinajstić information content (AvgIpc) is 3.01. The summed E-state index contributed by atoms with van der Waals surface area (Å²) in [5, 5.41) is 2.93. The molecule has 1 aliphatic rings. The zero-order valence-corrected chi connectivity index (χ0v) is 14.0. The molecule has 1 saturated heterocycles. The third kappa shape index (κ3) is 4.99. The molecule has 1 atom stereocenters. The zero-order valence-electron chi connectivity index (χ0n) is 13.2. The van der Waals surface area contributed by atoms with E-state index in [1.165, 1.54) is 25.8 Å². The second-order valence-corrected chi connectivity index (χ2v) is 6.60. The molecule has 0 radical (unpaired) electrons. The molecule has 7 heteroatoms. The minimum atomic E-state index is -0.242. The lowest BCUT2D eigenvalue weighted by molar-refractivity contribution is -0.137. The lowest BCUT2D eigenvalue weighted by atomic mass is 10.2. The van der Waals surface area contributed by atoms with Crippen LogP contribution in [0.4, 0.5) is 5.69 Å². The van der Waals surface area contributed by atoms with Crippen molar-refractivity contribution in [3.05, 3.63) is 29.8 Å². The standard InChI is InChI=1S/C16H20N2O4S/c1-11(19)17-13-5-3-12(4-6-13)16(21)18-8-7-14(9-18)23-10-15(20)22-2/h3-6,14H,7-10H2,1-2H3,(H,17,19)/t14-/m1/s1. The summed E-state index contributed by atoms with van der Waals surface area (Å²) in [5.74, 6) is -0.0998. The van der Waals surface area contributed by atoms with Crippen LogP contribution in [0.3, 0.4) is 0 Å². The maximum atomic E-state index is 12.5. The van der Waals surface area contributed by atoms with Crippen LogP contribution in [0.2, 0.25) is 0 Å². The average molecular weight is 336 g/mol. The molecular formula is C16H20N2O4S. The number of thioether (sulfide) groups is 1. The van der Waals surface area contributed by atoms with Crippen molar-refractivity contribution >= 4 is 35.2 Å². The summed E-state index contributed by atoms with van der Waals surface area (Å²) in [7, 11) is 1.37. The maximum Gasteiger partial charge on any atom is 0.315 e. The van der Waals surface area contributed by atoms with Crippen LogP contribution in [0, 0.1) is 0 Å². The van der Waals surface area contributed by atoms with Gasteiger partial charge >= 0.3 is 5.97 Å². The van der Waals surface area contributed by atoms with Crippen LogP contribution in [-0.2, 0) is 14.3 Å². The van der Waals surface area contributed by atoms with Gasteiger partial charge < -0.3 is 15.0 Å². The summed E-state index contributed by atoms with van der Waals surface area (Å²) >= 11 is 1.53. The molecule has 2 amide bonds. The van der Waals surface area contributed by atoms with E-state index >= 15 is 0 Å². The number of ether oxygens (including phenoxy) is 1. The Balaban J connectivity index is 1.88. The van der Waals surface area contributed by atoms with Gasteiger partial charge in [-0.15, -0.1) is 11.8 Å². The minimum absolute atomic E-state index is 0.0273. The normalized spacial score (nSPS) is 17.0. The van der Waals surface area contributed by atoms with Crippen molar-refractivity contribution in [3.8, 4) is 0 Å². The van der Waals surface area contributed by atoms with Crippen molar-refractivity contribution in [1.82, 2.24) is 4.90 Å². The molecule has 1 aliphatic heterocycles. The summed E-state index contributed by atoms with van der Waals surface area (Å²) in [5.41, 5.74) is 1.26. The third-order valence-electron chi connectivity index (χ3n) is 3.55. The smallest absolute Gasteiger partial charge is 0.315 e. The van der Waals surface area contributed by atoms with E-state index in [4.69, 9.17) is 0 Å². The predicted octanol–water partition coefficient (Wildman–Crippen LogP) is 1.77. The molecule has 6 nitrogen and oxygen atoms in total. The number of carbonyl (C=O) groups is 3. The number of methoxy groups -OCH3 is 1. The fourth-order valence-corrected chi connectivity index (χ4v) is 3.42. The highest BCUT2D eigenvalue weighted by Gasteiger charge is 2.27. The van der Waals surface area contributed by atoms with Crippen molar-refractivity contribution in [2.24, 2.45) is 0 Å².